The molecule has 112 valence electrons. The number of thiophene rings is 1. The summed E-state index contributed by atoms with van der Waals surface area (Å²) in [5.74, 6) is 0. The van der Waals surface area contributed by atoms with Gasteiger partial charge in [-0.2, -0.15) is 0 Å². The summed E-state index contributed by atoms with van der Waals surface area (Å²) in [7, 11) is 1.62. The summed E-state index contributed by atoms with van der Waals surface area (Å²) in [6.45, 7) is 3.55. The Labute approximate surface area is 133 Å². The van der Waals surface area contributed by atoms with Crippen LogP contribution in [0.2, 0.25) is 4.34 Å². The normalized spacial score (nSPS) is 10.6. The average molecular weight is 325 g/mol. The Balaban J connectivity index is 2.20. The molecule has 0 aromatic carbocycles. The minimum absolute atomic E-state index is 0.519. The van der Waals surface area contributed by atoms with Gasteiger partial charge in [-0.05, 0) is 30.7 Å². The van der Waals surface area contributed by atoms with Crippen molar-refractivity contribution in [3.05, 3.63) is 40.0 Å². The third kappa shape index (κ3) is 4.27. The van der Waals surface area contributed by atoms with E-state index >= 15 is 0 Å². The molecule has 0 spiro atoms. The zero-order chi connectivity index (χ0) is 15.2. The first-order valence-electron chi connectivity index (χ1n) is 6.53. The van der Waals surface area contributed by atoms with Crippen molar-refractivity contribution in [2.45, 2.75) is 13.5 Å². The highest BCUT2D eigenvalue weighted by atomic mass is 35.5. The number of aromatic nitrogens is 1. The summed E-state index contributed by atoms with van der Waals surface area (Å²) >= 11 is 7.49. The van der Waals surface area contributed by atoms with E-state index in [1.807, 2.05) is 25.3 Å². The quantitative estimate of drug-likeness (QED) is 0.733. The molecule has 0 saturated carbocycles. The van der Waals surface area contributed by atoms with Crippen molar-refractivity contribution in [2.24, 2.45) is 0 Å². The van der Waals surface area contributed by atoms with Crippen LogP contribution >= 0.6 is 22.9 Å². The standard InChI is InChI=1S/C15H17ClN2O2S/c1-11-13(9-18(10-19)5-6-20-2)7-12(8-17-11)14-3-4-15(16)21-14/h3-4,7-8,10H,5-6,9H2,1-2H3. The number of nitrogens with zero attached hydrogens (tertiary/aromatic N) is 2. The van der Waals surface area contributed by atoms with Crippen LogP contribution in [0.1, 0.15) is 11.3 Å². The Hall–Kier alpha value is -1.43. The maximum Gasteiger partial charge on any atom is 0.210 e. The van der Waals surface area contributed by atoms with E-state index in [0.29, 0.717) is 19.7 Å². The second-order valence-electron chi connectivity index (χ2n) is 4.64. The maximum absolute atomic E-state index is 11.1. The molecule has 2 aromatic rings. The van der Waals surface area contributed by atoms with Crippen LogP contribution in [0.25, 0.3) is 10.4 Å². The van der Waals surface area contributed by atoms with Gasteiger partial charge in [-0.15, -0.1) is 11.3 Å². The summed E-state index contributed by atoms with van der Waals surface area (Å²) in [6, 6.07) is 5.91. The Morgan fingerprint density at radius 3 is 2.90 bits per heavy atom. The van der Waals surface area contributed by atoms with Crippen molar-refractivity contribution in [3.63, 3.8) is 0 Å². The van der Waals surface area contributed by atoms with E-state index in [0.717, 1.165) is 32.4 Å². The lowest BCUT2D eigenvalue weighted by molar-refractivity contribution is -0.119. The van der Waals surface area contributed by atoms with E-state index < -0.39 is 0 Å². The van der Waals surface area contributed by atoms with Gasteiger partial charge in [0, 0.05) is 42.5 Å². The van der Waals surface area contributed by atoms with Crippen molar-refractivity contribution in [2.75, 3.05) is 20.3 Å². The molecule has 21 heavy (non-hydrogen) atoms. The van der Waals surface area contributed by atoms with Crippen LogP contribution in [0.5, 0.6) is 0 Å². The molecule has 0 bridgehead atoms. The number of hydrogen-bond acceptors (Lipinski definition) is 4. The van der Waals surface area contributed by atoms with Gasteiger partial charge in [-0.3, -0.25) is 9.78 Å². The molecule has 2 rings (SSSR count). The predicted molar refractivity (Wildman–Crippen MR) is 85.6 cm³/mol. The maximum atomic E-state index is 11.1. The van der Waals surface area contributed by atoms with E-state index in [4.69, 9.17) is 16.3 Å². The Kier molecular flexibility index (Phi) is 5.73. The Morgan fingerprint density at radius 1 is 1.48 bits per heavy atom. The van der Waals surface area contributed by atoms with Gasteiger partial charge in [-0.1, -0.05) is 11.6 Å². The molecule has 2 aromatic heterocycles. The summed E-state index contributed by atoms with van der Waals surface area (Å²) in [5.41, 5.74) is 2.97. The average Bonchev–Trinajstić information content (AvgIpc) is 2.92. The molecule has 0 unspecified atom stereocenters. The fraction of sp³-hybridized carbons (Fsp3) is 0.333. The third-order valence-electron chi connectivity index (χ3n) is 3.15. The third-order valence-corrected chi connectivity index (χ3v) is 4.43. The lowest BCUT2D eigenvalue weighted by atomic mass is 10.1. The van der Waals surface area contributed by atoms with E-state index in [1.54, 1.807) is 12.0 Å². The van der Waals surface area contributed by atoms with Gasteiger partial charge in [0.1, 0.15) is 0 Å². The number of amides is 1. The second-order valence-corrected chi connectivity index (χ2v) is 6.36. The highest BCUT2D eigenvalue weighted by Gasteiger charge is 2.09. The summed E-state index contributed by atoms with van der Waals surface area (Å²) in [4.78, 5) is 18.3. The van der Waals surface area contributed by atoms with Gasteiger partial charge in [-0.25, -0.2) is 0 Å². The van der Waals surface area contributed by atoms with Gasteiger partial charge in [0.25, 0.3) is 0 Å². The number of carbonyl (C=O) groups excluding carboxylic acids is 1. The van der Waals surface area contributed by atoms with Crippen LogP contribution in [-0.2, 0) is 16.1 Å². The summed E-state index contributed by atoms with van der Waals surface area (Å²) < 4.78 is 5.76. The first kappa shape index (κ1) is 15.9. The van der Waals surface area contributed by atoms with Crippen LogP contribution in [0.15, 0.2) is 24.4 Å². The SMILES string of the molecule is COCCN(C=O)Cc1cc(-c2ccc(Cl)s2)cnc1C. The van der Waals surface area contributed by atoms with Crippen LogP contribution in [0.4, 0.5) is 0 Å². The van der Waals surface area contributed by atoms with Gasteiger partial charge >= 0.3 is 0 Å². The number of halogens is 1. The number of aryl methyl sites for hydroxylation is 1. The highest BCUT2D eigenvalue weighted by Crippen LogP contribution is 2.31. The van der Waals surface area contributed by atoms with E-state index in [9.17, 15) is 4.79 Å². The highest BCUT2D eigenvalue weighted by molar-refractivity contribution is 7.19. The number of ether oxygens (including phenoxy) is 1. The van der Waals surface area contributed by atoms with Crippen LogP contribution in [0.3, 0.4) is 0 Å². The Morgan fingerprint density at radius 2 is 2.29 bits per heavy atom. The van der Waals surface area contributed by atoms with Gasteiger partial charge in [0.05, 0.1) is 10.9 Å². The van der Waals surface area contributed by atoms with Gasteiger partial charge < -0.3 is 9.64 Å². The topological polar surface area (TPSA) is 42.4 Å². The molecule has 0 radical (unpaired) electrons. The van der Waals surface area contributed by atoms with Gasteiger partial charge in [0.15, 0.2) is 0 Å². The molecule has 0 fully saturated rings. The van der Waals surface area contributed by atoms with Crippen molar-refractivity contribution < 1.29 is 9.53 Å². The molecular formula is C15H17ClN2O2S. The van der Waals surface area contributed by atoms with E-state index in [-0.39, 0.29) is 0 Å². The van der Waals surface area contributed by atoms with Crippen LogP contribution in [-0.4, -0.2) is 36.6 Å². The molecule has 0 saturated heterocycles. The smallest absolute Gasteiger partial charge is 0.210 e. The first-order chi connectivity index (χ1) is 10.1. The molecule has 0 aliphatic rings. The van der Waals surface area contributed by atoms with Crippen LogP contribution < -0.4 is 0 Å². The first-order valence-corrected chi connectivity index (χ1v) is 7.73. The number of pyridine rings is 1. The molecule has 0 aliphatic carbocycles. The Bertz CT molecular complexity index is 615. The van der Waals surface area contributed by atoms with Gasteiger partial charge in [0.2, 0.25) is 6.41 Å². The fourth-order valence-electron chi connectivity index (χ4n) is 1.94. The molecule has 4 nitrogen and oxygen atoms in total. The number of methoxy groups -OCH3 is 1. The zero-order valence-electron chi connectivity index (χ0n) is 12.0. The summed E-state index contributed by atoms with van der Waals surface area (Å²) in [5, 5.41) is 0. The van der Waals surface area contributed by atoms with Crippen molar-refractivity contribution >= 4 is 29.3 Å². The largest absolute Gasteiger partial charge is 0.383 e. The lowest BCUT2D eigenvalue weighted by Crippen LogP contribution is -2.25. The predicted octanol–water partition coefficient (Wildman–Crippen LogP) is 3.38. The minimum Gasteiger partial charge on any atom is -0.383 e. The van der Waals surface area contributed by atoms with Crippen molar-refractivity contribution in [1.82, 2.24) is 9.88 Å². The number of rotatable bonds is 7. The lowest BCUT2D eigenvalue weighted by Gasteiger charge is -2.18. The van der Waals surface area contributed by atoms with Crippen molar-refractivity contribution in [1.29, 1.82) is 0 Å². The number of hydrogen-bond donors (Lipinski definition) is 0. The van der Waals surface area contributed by atoms with Crippen LogP contribution in [0, 0.1) is 6.92 Å². The van der Waals surface area contributed by atoms with Crippen molar-refractivity contribution in [3.8, 4) is 10.4 Å². The fourth-order valence-corrected chi connectivity index (χ4v) is 2.96. The van der Waals surface area contributed by atoms with E-state index in [2.05, 4.69) is 11.1 Å². The molecular weight excluding hydrogens is 308 g/mol. The number of carbonyl (C=O) groups is 1. The molecule has 0 atom stereocenters. The summed E-state index contributed by atoms with van der Waals surface area (Å²) in [6.07, 6.45) is 2.68. The molecule has 0 aliphatic heterocycles. The monoisotopic (exact) mass is 324 g/mol. The molecule has 0 N–H and O–H groups in total. The zero-order valence-corrected chi connectivity index (χ0v) is 13.6. The molecule has 2 heterocycles. The minimum atomic E-state index is 0.519. The molecule has 6 heteroatoms. The van der Waals surface area contributed by atoms with E-state index in [1.165, 1.54) is 11.3 Å². The molecule has 1 amide bonds. The second kappa shape index (κ2) is 7.54.